The summed E-state index contributed by atoms with van der Waals surface area (Å²) in [5.41, 5.74) is 0.262. The molecule has 2 rings (SSSR count). The molecule has 4 heteroatoms. The highest BCUT2D eigenvalue weighted by Gasteiger charge is 2.27. The van der Waals surface area contributed by atoms with Gasteiger partial charge in [0.2, 0.25) is 0 Å². The van der Waals surface area contributed by atoms with Gasteiger partial charge in [0, 0.05) is 37.8 Å². The van der Waals surface area contributed by atoms with E-state index in [2.05, 4.69) is 37.5 Å². The molecule has 0 saturated carbocycles. The minimum atomic E-state index is 0.262. The van der Waals surface area contributed by atoms with Crippen molar-refractivity contribution in [3.05, 3.63) is 24.3 Å². The highest BCUT2D eigenvalue weighted by Crippen LogP contribution is 2.19. The van der Waals surface area contributed by atoms with Gasteiger partial charge in [0.25, 0.3) is 0 Å². The minimum absolute atomic E-state index is 0.262. The first kappa shape index (κ1) is 16.1. The van der Waals surface area contributed by atoms with Crippen molar-refractivity contribution < 1.29 is 9.84 Å². The standard InChI is InChI=1S/C17H28N2O2/c1-14(13-21-16-7-5-15(20)6-8-16)18-9-11-19(12-10-18)17(2,3)4/h5-8,14,20H,9-13H2,1-4H3. The summed E-state index contributed by atoms with van der Waals surface area (Å²) >= 11 is 0. The molecule has 4 nitrogen and oxygen atoms in total. The van der Waals surface area contributed by atoms with Crippen molar-refractivity contribution >= 4 is 0 Å². The lowest BCUT2D eigenvalue weighted by molar-refractivity contribution is 0.0347. The lowest BCUT2D eigenvalue weighted by Gasteiger charge is -2.43. The molecule has 1 fully saturated rings. The van der Waals surface area contributed by atoms with Gasteiger partial charge in [0.1, 0.15) is 18.1 Å². The van der Waals surface area contributed by atoms with Crippen LogP contribution in [0.15, 0.2) is 24.3 Å². The van der Waals surface area contributed by atoms with Gasteiger partial charge >= 0.3 is 0 Å². The molecule has 0 radical (unpaired) electrons. The van der Waals surface area contributed by atoms with E-state index in [0.717, 1.165) is 31.9 Å². The van der Waals surface area contributed by atoms with Crippen molar-refractivity contribution in [2.45, 2.75) is 39.3 Å². The molecular weight excluding hydrogens is 264 g/mol. The van der Waals surface area contributed by atoms with Gasteiger partial charge in [-0.2, -0.15) is 0 Å². The van der Waals surface area contributed by atoms with Crippen molar-refractivity contribution in [1.82, 2.24) is 9.80 Å². The van der Waals surface area contributed by atoms with Gasteiger partial charge in [0.15, 0.2) is 0 Å². The van der Waals surface area contributed by atoms with Crippen molar-refractivity contribution in [2.75, 3.05) is 32.8 Å². The summed E-state index contributed by atoms with van der Waals surface area (Å²) < 4.78 is 5.80. The summed E-state index contributed by atoms with van der Waals surface area (Å²) in [7, 11) is 0. The van der Waals surface area contributed by atoms with Crippen LogP contribution < -0.4 is 4.74 Å². The molecule has 1 unspecified atom stereocenters. The molecule has 1 saturated heterocycles. The number of phenolic OH excluding ortho intramolecular Hbond substituents is 1. The van der Waals surface area contributed by atoms with Gasteiger partial charge in [-0.1, -0.05) is 0 Å². The maximum atomic E-state index is 9.26. The Bertz CT molecular complexity index is 431. The van der Waals surface area contributed by atoms with Gasteiger partial charge in [-0.3, -0.25) is 9.80 Å². The van der Waals surface area contributed by atoms with Crippen LogP contribution in [0.3, 0.4) is 0 Å². The third-order valence-corrected chi connectivity index (χ3v) is 4.21. The van der Waals surface area contributed by atoms with Crippen LogP contribution in [0.5, 0.6) is 11.5 Å². The second kappa shape index (κ2) is 6.67. The minimum Gasteiger partial charge on any atom is -0.508 e. The molecule has 0 aromatic heterocycles. The van der Waals surface area contributed by atoms with E-state index < -0.39 is 0 Å². The van der Waals surface area contributed by atoms with Gasteiger partial charge in [-0.05, 0) is 52.0 Å². The van der Waals surface area contributed by atoms with E-state index in [9.17, 15) is 5.11 Å². The Balaban J connectivity index is 1.77. The zero-order chi connectivity index (χ0) is 15.5. The van der Waals surface area contributed by atoms with E-state index in [4.69, 9.17) is 4.74 Å². The Morgan fingerprint density at radius 2 is 1.67 bits per heavy atom. The van der Waals surface area contributed by atoms with Gasteiger partial charge in [-0.25, -0.2) is 0 Å². The van der Waals surface area contributed by atoms with E-state index >= 15 is 0 Å². The molecule has 0 spiro atoms. The zero-order valence-electron chi connectivity index (χ0n) is 13.7. The maximum Gasteiger partial charge on any atom is 0.119 e. The van der Waals surface area contributed by atoms with E-state index in [-0.39, 0.29) is 11.3 Å². The number of piperazine rings is 1. The Morgan fingerprint density at radius 1 is 1.10 bits per heavy atom. The van der Waals surface area contributed by atoms with Crippen LogP contribution >= 0.6 is 0 Å². The smallest absolute Gasteiger partial charge is 0.119 e. The summed E-state index contributed by atoms with van der Waals surface area (Å²) in [5, 5.41) is 9.26. The molecule has 118 valence electrons. The Labute approximate surface area is 128 Å². The number of benzene rings is 1. The third kappa shape index (κ3) is 4.61. The summed E-state index contributed by atoms with van der Waals surface area (Å²) in [6, 6.07) is 7.32. The lowest BCUT2D eigenvalue weighted by Crippen LogP contribution is -2.55. The van der Waals surface area contributed by atoms with E-state index in [1.54, 1.807) is 24.3 Å². The SMILES string of the molecule is CC(COc1ccc(O)cc1)N1CCN(C(C)(C)C)CC1. The third-order valence-electron chi connectivity index (χ3n) is 4.21. The van der Waals surface area contributed by atoms with Crippen LogP contribution in [0, 0.1) is 0 Å². The summed E-state index contributed by atoms with van der Waals surface area (Å²) in [5.74, 6) is 1.08. The number of ether oxygens (including phenoxy) is 1. The molecule has 1 atom stereocenters. The van der Waals surface area contributed by atoms with Crippen LogP contribution in [0.25, 0.3) is 0 Å². The molecule has 0 bridgehead atoms. The highest BCUT2D eigenvalue weighted by atomic mass is 16.5. The van der Waals surface area contributed by atoms with E-state index in [1.165, 1.54) is 0 Å². The van der Waals surface area contributed by atoms with Crippen molar-refractivity contribution in [1.29, 1.82) is 0 Å². The quantitative estimate of drug-likeness (QED) is 0.925. The van der Waals surface area contributed by atoms with E-state index in [0.29, 0.717) is 12.6 Å². The van der Waals surface area contributed by atoms with Crippen LogP contribution in [0.1, 0.15) is 27.7 Å². The molecule has 1 aliphatic heterocycles. The van der Waals surface area contributed by atoms with Crippen LogP contribution in [0.2, 0.25) is 0 Å². The van der Waals surface area contributed by atoms with E-state index in [1.807, 2.05) is 0 Å². The Hall–Kier alpha value is -1.26. The predicted octanol–water partition coefficient (Wildman–Crippen LogP) is 2.58. The van der Waals surface area contributed by atoms with Gasteiger partial charge in [-0.15, -0.1) is 0 Å². The highest BCUT2D eigenvalue weighted by molar-refractivity contribution is 5.30. The molecule has 1 N–H and O–H groups in total. The molecule has 21 heavy (non-hydrogen) atoms. The first-order valence-electron chi connectivity index (χ1n) is 7.77. The van der Waals surface area contributed by atoms with Crippen LogP contribution in [-0.4, -0.2) is 59.3 Å². The molecule has 1 heterocycles. The van der Waals surface area contributed by atoms with Crippen molar-refractivity contribution in [2.24, 2.45) is 0 Å². The molecule has 0 amide bonds. The number of hydrogen-bond donors (Lipinski definition) is 1. The van der Waals surface area contributed by atoms with Crippen LogP contribution in [-0.2, 0) is 0 Å². The summed E-state index contributed by atoms with van der Waals surface area (Å²) in [4.78, 5) is 5.03. The fourth-order valence-corrected chi connectivity index (χ4v) is 2.70. The van der Waals surface area contributed by atoms with Gasteiger partial charge < -0.3 is 9.84 Å². The monoisotopic (exact) mass is 292 g/mol. The number of aromatic hydroxyl groups is 1. The predicted molar refractivity (Wildman–Crippen MR) is 86.0 cm³/mol. The number of hydrogen-bond acceptors (Lipinski definition) is 4. The maximum absolute atomic E-state index is 9.26. The second-order valence-corrected chi connectivity index (χ2v) is 6.85. The normalized spacial score (nSPS) is 19.4. The molecule has 0 aliphatic carbocycles. The van der Waals surface area contributed by atoms with Crippen molar-refractivity contribution in [3.63, 3.8) is 0 Å². The fraction of sp³-hybridized carbons (Fsp3) is 0.647. The molecule has 1 aromatic rings. The number of rotatable bonds is 4. The average molecular weight is 292 g/mol. The second-order valence-electron chi connectivity index (χ2n) is 6.85. The lowest BCUT2D eigenvalue weighted by atomic mass is 10.0. The molecule has 1 aliphatic rings. The fourth-order valence-electron chi connectivity index (χ4n) is 2.70. The number of phenols is 1. The average Bonchev–Trinajstić information content (AvgIpc) is 2.45. The topological polar surface area (TPSA) is 35.9 Å². The first-order chi connectivity index (χ1) is 9.86. The largest absolute Gasteiger partial charge is 0.508 e. The Kier molecular flexibility index (Phi) is 5.12. The first-order valence-corrected chi connectivity index (χ1v) is 7.77. The molecule has 1 aromatic carbocycles. The summed E-state index contributed by atoms with van der Waals surface area (Å²) in [6.45, 7) is 14.2. The van der Waals surface area contributed by atoms with Crippen molar-refractivity contribution in [3.8, 4) is 11.5 Å². The summed E-state index contributed by atoms with van der Waals surface area (Å²) in [6.07, 6.45) is 0. The Morgan fingerprint density at radius 3 is 2.19 bits per heavy atom. The number of nitrogens with zero attached hydrogens (tertiary/aromatic N) is 2. The van der Waals surface area contributed by atoms with Gasteiger partial charge in [0.05, 0.1) is 0 Å². The van der Waals surface area contributed by atoms with Crippen LogP contribution in [0.4, 0.5) is 0 Å². The zero-order valence-corrected chi connectivity index (χ0v) is 13.7. The molecular formula is C17H28N2O2.